The van der Waals surface area contributed by atoms with Gasteiger partial charge < -0.3 is 8.92 Å². The lowest BCUT2D eigenvalue weighted by molar-refractivity contribution is -0.131. The summed E-state index contributed by atoms with van der Waals surface area (Å²) in [5.74, 6) is 0.116. The van der Waals surface area contributed by atoms with Crippen molar-refractivity contribution in [1.29, 1.82) is 0 Å². The van der Waals surface area contributed by atoms with Crippen LogP contribution in [0.5, 0.6) is 11.5 Å². The van der Waals surface area contributed by atoms with Crippen LogP contribution in [-0.4, -0.2) is 14.4 Å². The van der Waals surface area contributed by atoms with Crippen molar-refractivity contribution in [3.8, 4) is 11.5 Å². The van der Waals surface area contributed by atoms with Crippen LogP contribution in [0.1, 0.15) is 6.92 Å². The van der Waals surface area contributed by atoms with Crippen molar-refractivity contribution < 1.29 is 22.1 Å². The summed E-state index contributed by atoms with van der Waals surface area (Å²) in [4.78, 5) is 10.6. The van der Waals surface area contributed by atoms with Gasteiger partial charge in [-0.05, 0) is 48.5 Å². The third-order valence-corrected chi connectivity index (χ3v) is 3.94. The predicted octanol–water partition coefficient (Wildman–Crippen LogP) is 3.38. The Bertz CT molecular complexity index is 736. The Morgan fingerprint density at radius 3 is 1.90 bits per heavy atom. The third-order valence-electron chi connectivity index (χ3n) is 2.39. The minimum Gasteiger partial charge on any atom is -0.457 e. The summed E-state index contributed by atoms with van der Waals surface area (Å²) >= 11 is 5.76. The lowest BCUT2D eigenvalue weighted by Gasteiger charge is -2.07. The van der Waals surface area contributed by atoms with Gasteiger partial charge in [-0.15, -0.1) is 0 Å². The average molecular weight is 327 g/mol. The van der Waals surface area contributed by atoms with Gasteiger partial charge in [-0.2, -0.15) is 8.42 Å². The van der Waals surface area contributed by atoms with E-state index in [1.54, 1.807) is 24.3 Å². The Labute approximate surface area is 127 Å². The largest absolute Gasteiger partial charge is 0.457 e. The van der Waals surface area contributed by atoms with Crippen LogP contribution in [-0.2, 0) is 19.1 Å². The number of benzene rings is 2. The highest BCUT2D eigenvalue weighted by molar-refractivity contribution is 7.87. The standard InChI is InChI=1S/C14H11ClO5S/c1-10(16)20-21(17,18)14-8-6-13(7-9-14)19-12-4-2-11(15)3-5-12/h2-9H,1H3. The van der Waals surface area contributed by atoms with E-state index in [1.807, 2.05) is 0 Å². The van der Waals surface area contributed by atoms with Gasteiger partial charge in [0.1, 0.15) is 16.4 Å². The molecule has 0 aliphatic carbocycles. The fraction of sp³-hybridized carbons (Fsp3) is 0.0714. The van der Waals surface area contributed by atoms with Crippen LogP contribution in [0.3, 0.4) is 0 Å². The molecule has 2 rings (SSSR count). The van der Waals surface area contributed by atoms with Gasteiger partial charge in [0, 0.05) is 11.9 Å². The first-order valence-corrected chi connectivity index (χ1v) is 7.64. The molecule has 2 aromatic rings. The van der Waals surface area contributed by atoms with Crippen LogP contribution in [0.4, 0.5) is 0 Å². The molecule has 0 heterocycles. The molecule has 0 spiro atoms. The fourth-order valence-electron chi connectivity index (χ4n) is 1.52. The van der Waals surface area contributed by atoms with Crippen LogP contribution < -0.4 is 4.74 Å². The number of carbonyl (C=O) groups excluding carboxylic acids is 1. The zero-order valence-electron chi connectivity index (χ0n) is 10.9. The van der Waals surface area contributed by atoms with Gasteiger partial charge in [0.25, 0.3) is 0 Å². The fourth-order valence-corrected chi connectivity index (χ4v) is 2.52. The molecule has 0 fully saturated rings. The molecule has 0 aromatic heterocycles. The topological polar surface area (TPSA) is 69.7 Å². The van der Waals surface area contributed by atoms with Crippen LogP contribution in [0.2, 0.25) is 5.02 Å². The van der Waals surface area contributed by atoms with Crippen molar-refractivity contribution in [3.63, 3.8) is 0 Å². The molecule has 110 valence electrons. The normalized spacial score (nSPS) is 11.0. The summed E-state index contributed by atoms with van der Waals surface area (Å²) in [7, 11) is -4.08. The molecule has 0 bridgehead atoms. The van der Waals surface area contributed by atoms with Crippen LogP contribution in [0.25, 0.3) is 0 Å². The number of halogens is 1. The van der Waals surface area contributed by atoms with Gasteiger partial charge in [-0.3, -0.25) is 4.79 Å². The molecular formula is C14H11ClO5S. The van der Waals surface area contributed by atoms with E-state index >= 15 is 0 Å². The van der Waals surface area contributed by atoms with Gasteiger partial charge in [-0.25, -0.2) is 0 Å². The van der Waals surface area contributed by atoms with Gasteiger partial charge in [0.15, 0.2) is 0 Å². The zero-order valence-corrected chi connectivity index (χ0v) is 12.5. The Morgan fingerprint density at radius 1 is 0.952 bits per heavy atom. The smallest absolute Gasteiger partial charge is 0.341 e. The molecule has 0 unspecified atom stereocenters. The predicted molar refractivity (Wildman–Crippen MR) is 76.9 cm³/mol. The molecule has 5 nitrogen and oxygen atoms in total. The molecule has 0 N–H and O–H groups in total. The van der Waals surface area contributed by atoms with Crippen molar-refractivity contribution >= 4 is 27.7 Å². The van der Waals surface area contributed by atoms with E-state index in [1.165, 1.54) is 24.3 Å². The monoisotopic (exact) mass is 326 g/mol. The van der Waals surface area contributed by atoms with Crippen LogP contribution in [0, 0.1) is 0 Å². The number of carbonyl (C=O) groups is 1. The minimum atomic E-state index is -4.08. The van der Waals surface area contributed by atoms with E-state index in [0.29, 0.717) is 16.5 Å². The Morgan fingerprint density at radius 2 is 1.43 bits per heavy atom. The lowest BCUT2D eigenvalue weighted by atomic mass is 10.3. The quantitative estimate of drug-likeness (QED) is 0.805. The molecule has 0 aliphatic rings. The summed E-state index contributed by atoms with van der Waals surface area (Å²) in [6.45, 7) is 1.02. The Hall–Kier alpha value is -2.05. The summed E-state index contributed by atoms with van der Waals surface area (Å²) in [5.41, 5.74) is 0. The Kier molecular flexibility index (Phi) is 4.50. The highest BCUT2D eigenvalue weighted by Gasteiger charge is 2.17. The molecule has 0 atom stereocenters. The second kappa shape index (κ2) is 6.15. The molecule has 7 heteroatoms. The molecule has 0 radical (unpaired) electrons. The third kappa shape index (κ3) is 4.21. The summed E-state index contributed by atoms with van der Waals surface area (Å²) in [6, 6.07) is 12.2. The van der Waals surface area contributed by atoms with Gasteiger partial charge >= 0.3 is 16.1 Å². The summed E-state index contributed by atoms with van der Waals surface area (Å²) in [6.07, 6.45) is 0. The zero-order chi connectivity index (χ0) is 15.5. The molecular weight excluding hydrogens is 316 g/mol. The van der Waals surface area contributed by atoms with E-state index in [9.17, 15) is 13.2 Å². The Balaban J connectivity index is 2.15. The first-order valence-electron chi connectivity index (χ1n) is 5.85. The van der Waals surface area contributed by atoms with E-state index in [-0.39, 0.29) is 4.90 Å². The average Bonchev–Trinajstić information content (AvgIpc) is 2.41. The van der Waals surface area contributed by atoms with E-state index in [2.05, 4.69) is 4.18 Å². The molecule has 0 aliphatic heterocycles. The number of ether oxygens (including phenoxy) is 1. The maximum atomic E-state index is 11.7. The molecule has 0 amide bonds. The first kappa shape index (κ1) is 15.3. The van der Waals surface area contributed by atoms with Crippen LogP contribution >= 0.6 is 11.6 Å². The maximum absolute atomic E-state index is 11.7. The van der Waals surface area contributed by atoms with E-state index < -0.39 is 16.1 Å². The van der Waals surface area contributed by atoms with Crippen molar-refractivity contribution in [1.82, 2.24) is 0 Å². The summed E-state index contributed by atoms with van der Waals surface area (Å²) in [5, 5.41) is 0.588. The molecule has 0 saturated carbocycles. The number of rotatable bonds is 4. The number of hydrogen-bond donors (Lipinski definition) is 0. The van der Waals surface area contributed by atoms with E-state index in [0.717, 1.165) is 6.92 Å². The summed E-state index contributed by atoms with van der Waals surface area (Å²) < 4.78 is 33.1. The highest BCUT2D eigenvalue weighted by atomic mass is 35.5. The van der Waals surface area contributed by atoms with Crippen molar-refractivity contribution in [2.75, 3.05) is 0 Å². The number of hydrogen-bond acceptors (Lipinski definition) is 5. The van der Waals surface area contributed by atoms with Gasteiger partial charge in [-0.1, -0.05) is 11.6 Å². The maximum Gasteiger partial charge on any atom is 0.341 e. The van der Waals surface area contributed by atoms with Crippen molar-refractivity contribution in [2.45, 2.75) is 11.8 Å². The van der Waals surface area contributed by atoms with Gasteiger partial charge in [0.05, 0.1) is 0 Å². The molecule has 2 aromatic carbocycles. The first-order chi connectivity index (χ1) is 9.87. The van der Waals surface area contributed by atoms with E-state index in [4.69, 9.17) is 16.3 Å². The SMILES string of the molecule is CC(=O)OS(=O)(=O)c1ccc(Oc2ccc(Cl)cc2)cc1. The van der Waals surface area contributed by atoms with Crippen LogP contribution in [0.15, 0.2) is 53.4 Å². The van der Waals surface area contributed by atoms with Crippen molar-refractivity contribution in [3.05, 3.63) is 53.6 Å². The van der Waals surface area contributed by atoms with Crippen molar-refractivity contribution in [2.24, 2.45) is 0 Å². The molecule has 21 heavy (non-hydrogen) atoms. The minimum absolute atomic E-state index is 0.124. The second-order valence-electron chi connectivity index (χ2n) is 4.06. The molecule has 0 saturated heterocycles. The second-order valence-corrected chi connectivity index (χ2v) is 6.04. The lowest BCUT2D eigenvalue weighted by Crippen LogP contribution is -2.10. The highest BCUT2D eigenvalue weighted by Crippen LogP contribution is 2.24. The van der Waals surface area contributed by atoms with Gasteiger partial charge in [0.2, 0.25) is 0 Å².